The zero-order valence-electron chi connectivity index (χ0n) is 17.0. The van der Waals surface area contributed by atoms with Crippen molar-refractivity contribution in [3.63, 3.8) is 0 Å². The molecule has 1 fully saturated rings. The zero-order chi connectivity index (χ0) is 19.1. The predicted molar refractivity (Wildman–Crippen MR) is 112 cm³/mol. The van der Waals surface area contributed by atoms with Crippen LogP contribution in [-0.2, 0) is 10.2 Å². The Hall–Kier alpha value is -2.13. The lowest BCUT2D eigenvalue weighted by molar-refractivity contribution is 0.213. The molecule has 0 radical (unpaired) electrons. The Morgan fingerprint density at radius 2 is 1.67 bits per heavy atom. The minimum atomic E-state index is -0.120. The summed E-state index contributed by atoms with van der Waals surface area (Å²) in [4.78, 5) is 7.15. The van der Waals surface area contributed by atoms with Gasteiger partial charge in [-0.2, -0.15) is 0 Å². The Morgan fingerprint density at radius 1 is 0.963 bits per heavy atom. The normalized spacial score (nSPS) is 21.6. The highest BCUT2D eigenvalue weighted by molar-refractivity contribution is 5.95. The average molecular weight is 363 g/mol. The Kier molecular flexibility index (Phi) is 4.59. The molecule has 4 rings (SSSR count). The number of hydrogen-bond donors (Lipinski definition) is 0. The fraction of sp³-hybridized carbons (Fsp3) is 0.458. The largest absolute Gasteiger partial charge is 0.475 e. The van der Waals surface area contributed by atoms with Crippen molar-refractivity contribution < 1.29 is 4.74 Å². The molecule has 0 amide bonds. The standard InChI is InChI=1S/C24H30N2O/c1-18-6-5-7-21(16-18)24(12-14-26(4)15-13-24)20-10-8-19(9-11-20)22-25-23(2,3)17-27-22/h5-11,16H,12-15,17H2,1-4H3. The molecular weight excluding hydrogens is 332 g/mol. The first kappa shape index (κ1) is 18.2. The summed E-state index contributed by atoms with van der Waals surface area (Å²) in [6, 6.07) is 18.0. The van der Waals surface area contributed by atoms with Crippen LogP contribution < -0.4 is 0 Å². The Balaban J connectivity index is 1.71. The van der Waals surface area contributed by atoms with Gasteiger partial charge in [0.25, 0.3) is 0 Å². The Bertz CT molecular complexity index is 843. The molecule has 2 aromatic carbocycles. The first-order valence-electron chi connectivity index (χ1n) is 9.97. The van der Waals surface area contributed by atoms with Gasteiger partial charge in [0.1, 0.15) is 6.61 Å². The van der Waals surface area contributed by atoms with E-state index in [0.717, 1.165) is 37.4 Å². The van der Waals surface area contributed by atoms with Crippen molar-refractivity contribution in [1.82, 2.24) is 4.90 Å². The number of rotatable bonds is 3. The van der Waals surface area contributed by atoms with Gasteiger partial charge in [-0.1, -0.05) is 42.0 Å². The summed E-state index contributed by atoms with van der Waals surface area (Å²) in [7, 11) is 2.22. The molecule has 0 aliphatic carbocycles. The topological polar surface area (TPSA) is 24.8 Å². The summed E-state index contributed by atoms with van der Waals surface area (Å²) in [5, 5.41) is 0. The summed E-state index contributed by atoms with van der Waals surface area (Å²) >= 11 is 0. The summed E-state index contributed by atoms with van der Waals surface area (Å²) in [5.41, 5.74) is 5.23. The molecule has 2 aliphatic heterocycles. The highest BCUT2D eigenvalue weighted by atomic mass is 16.5. The SMILES string of the molecule is Cc1cccc(C2(c3ccc(C4=NC(C)(C)CO4)cc3)CCN(C)CC2)c1. The van der Waals surface area contributed by atoms with Gasteiger partial charge in [-0.25, -0.2) is 4.99 Å². The van der Waals surface area contributed by atoms with Crippen molar-refractivity contribution in [1.29, 1.82) is 0 Å². The van der Waals surface area contributed by atoms with Crippen LogP contribution in [0.25, 0.3) is 0 Å². The minimum absolute atomic E-state index is 0.0919. The van der Waals surface area contributed by atoms with Gasteiger partial charge < -0.3 is 9.64 Å². The molecule has 0 atom stereocenters. The van der Waals surface area contributed by atoms with E-state index in [9.17, 15) is 0 Å². The van der Waals surface area contributed by atoms with Crippen molar-refractivity contribution in [2.75, 3.05) is 26.7 Å². The van der Waals surface area contributed by atoms with Crippen molar-refractivity contribution in [2.24, 2.45) is 4.99 Å². The predicted octanol–water partition coefficient (Wildman–Crippen LogP) is 4.56. The second kappa shape index (κ2) is 6.79. The summed E-state index contributed by atoms with van der Waals surface area (Å²) in [5.74, 6) is 0.777. The summed E-state index contributed by atoms with van der Waals surface area (Å²) in [6.45, 7) is 9.31. The van der Waals surface area contributed by atoms with Crippen LogP contribution >= 0.6 is 0 Å². The molecule has 2 aliphatic rings. The smallest absolute Gasteiger partial charge is 0.216 e. The summed E-state index contributed by atoms with van der Waals surface area (Å²) < 4.78 is 5.82. The second-order valence-corrected chi connectivity index (χ2v) is 8.85. The first-order chi connectivity index (χ1) is 12.9. The van der Waals surface area contributed by atoms with Crippen LogP contribution in [0.3, 0.4) is 0 Å². The number of hydrogen-bond acceptors (Lipinski definition) is 3. The Labute approximate surface area is 163 Å². The van der Waals surface area contributed by atoms with Crippen LogP contribution in [0.15, 0.2) is 53.5 Å². The number of likely N-dealkylation sites (tertiary alicyclic amines) is 1. The molecule has 0 N–H and O–H groups in total. The quantitative estimate of drug-likeness (QED) is 0.799. The Morgan fingerprint density at radius 3 is 2.26 bits per heavy atom. The van der Waals surface area contributed by atoms with E-state index in [1.54, 1.807) is 0 Å². The van der Waals surface area contributed by atoms with E-state index >= 15 is 0 Å². The maximum atomic E-state index is 5.82. The van der Waals surface area contributed by atoms with Gasteiger partial charge in [0, 0.05) is 11.0 Å². The van der Waals surface area contributed by atoms with Crippen LogP contribution in [0.2, 0.25) is 0 Å². The van der Waals surface area contributed by atoms with E-state index in [0.29, 0.717) is 6.61 Å². The molecule has 2 heterocycles. The fourth-order valence-electron chi connectivity index (χ4n) is 4.35. The van der Waals surface area contributed by atoms with Crippen molar-refractivity contribution in [3.8, 4) is 0 Å². The van der Waals surface area contributed by atoms with Crippen LogP contribution in [0, 0.1) is 6.92 Å². The molecule has 0 aromatic heterocycles. The number of aryl methyl sites for hydroxylation is 1. The lowest BCUT2D eigenvalue weighted by atomic mass is 9.68. The van der Waals surface area contributed by atoms with Gasteiger partial charge >= 0.3 is 0 Å². The van der Waals surface area contributed by atoms with Crippen molar-refractivity contribution >= 4 is 5.90 Å². The third kappa shape index (κ3) is 3.53. The molecule has 2 aromatic rings. The van der Waals surface area contributed by atoms with E-state index in [-0.39, 0.29) is 11.0 Å². The second-order valence-electron chi connectivity index (χ2n) is 8.85. The van der Waals surface area contributed by atoms with Crippen molar-refractivity contribution in [3.05, 3.63) is 70.8 Å². The van der Waals surface area contributed by atoms with Gasteiger partial charge in [0.2, 0.25) is 5.90 Å². The van der Waals surface area contributed by atoms with Gasteiger partial charge in [-0.3, -0.25) is 0 Å². The monoisotopic (exact) mass is 362 g/mol. The number of benzene rings is 2. The summed E-state index contributed by atoms with van der Waals surface area (Å²) in [6.07, 6.45) is 2.30. The molecule has 0 bridgehead atoms. The van der Waals surface area contributed by atoms with Crippen molar-refractivity contribution in [2.45, 2.75) is 44.6 Å². The third-order valence-electron chi connectivity index (χ3n) is 6.06. The van der Waals surface area contributed by atoms with E-state index in [1.165, 1.54) is 16.7 Å². The zero-order valence-corrected chi connectivity index (χ0v) is 17.0. The van der Waals surface area contributed by atoms with Gasteiger partial charge in [0.05, 0.1) is 5.54 Å². The number of aliphatic imine (C=N–C) groups is 1. The van der Waals surface area contributed by atoms with Crippen LogP contribution in [0.1, 0.15) is 48.9 Å². The van der Waals surface area contributed by atoms with E-state index < -0.39 is 0 Å². The van der Waals surface area contributed by atoms with E-state index in [1.807, 2.05) is 0 Å². The minimum Gasteiger partial charge on any atom is -0.475 e. The molecule has 1 saturated heterocycles. The molecule has 142 valence electrons. The number of nitrogens with zero attached hydrogens (tertiary/aromatic N) is 2. The van der Waals surface area contributed by atoms with Gasteiger partial charge in [-0.05, 0) is 77.0 Å². The van der Waals surface area contributed by atoms with Crippen LogP contribution in [0.4, 0.5) is 0 Å². The molecule has 3 nitrogen and oxygen atoms in total. The number of ether oxygens (including phenoxy) is 1. The molecule has 27 heavy (non-hydrogen) atoms. The molecule has 0 saturated carbocycles. The molecule has 3 heteroatoms. The van der Waals surface area contributed by atoms with Gasteiger partial charge in [-0.15, -0.1) is 0 Å². The highest BCUT2D eigenvalue weighted by Crippen LogP contribution is 2.42. The van der Waals surface area contributed by atoms with Crippen LogP contribution in [0.5, 0.6) is 0 Å². The lowest BCUT2D eigenvalue weighted by Gasteiger charge is -2.42. The third-order valence-corrected chi connectivity index (χ3v) is 6.06. The molecular formula is C24H30N2O. The first-order valence-corrected chi connectivity index (χ1v) is 9.97. The van der Waals surface area contributed by atoms with Gasteiger partial charge in [0.15, 0.2) is 0 Å². The van der Waals surface area contributed by atoms with E-state index in [4.69, 9.17) is 9.73 Å². The van der Waals surface area contributed by atoms with E-state index in [2.05, 4.69) is 81.2 Å². The maximum absolute atomic E-state index is 5.82. The fourth-order valence-corrected chi connectivity index (χ4v) is 4.35. The number of piperidine rings is 1. The van der Waals surface area contributed by atoms with Crippen LogP contribution in [-0.4, -0.2) is 43.1 Å². The molecule has 0 spiro atoms. The lowest BCUT2D eigenvalue weighted by Crippen LogP contribution is -2.41. The molecule has 0 unspecified atom stereocenters. The maximum Gasteiger partial charge on any atom is 0.216 e. The average Bonchev–Trinajstić information content (AvgIpc) is 3.03. The highest BCUT2D eigenvalue weighted by Gasteiger charge is 2.37.